The highest BCUT2D eigenvalue weighted by Gasteiger charge is 2.07. The predicted molar refractivity (Wildman–Crippen MR) is 129 cm³/mol. The Balaban J connectivity index is 0.00000341. The van der Waals surface area contributed by atoms with E-state index in [1.165, 1.54) is 5.56 Å². The van der Waals surface area contributed by atoms with Crippen LogP contribution in [0, 0.1) is 0 Å². The molecule has 0 aliphatic rings. The fraction of sp³-hybridized carbons (Fsp3) is 0.280. The van der Waals surface area contributed by atoms with Crippen molar-refractivity contribution >= 4 is 24.0 Å². The molecule has 0 aromatic heterocycles. The third kappa shape index (κ3) is 7.98. The summed E-state index contributed by atoms with van der Waals surface area (Å²) in [7, 11) is 1.68. The first-order valence-corrected chi connectivity index (χ1v) is 10.5. The van der Waals surface area contributed by atoms with E-state index in [1.807, 2.05) is 55.5 Å². The van der Waals surface area contributed by atoms with E-state index in [0.29, 0.717) is 18.2 Å². The first-order valence-electron chi connectivity index (χ1n) is 10.1. The van der Waals surface area contributed by atoms with Gasteiger partial charge in [-0.05, 0) is 73.0 Å². The topological polar surface area (TPSA) is 39.7 Å². The van der Waals surface area contributed by atoms with E-state index in [1.54, 1.807) is 7.11 Å². The Morgan fingerprint density at radius 2 is 1.61 bits per heavy atom. The van der Waals surface area contributed by atoms with Crippen molar-refractivity contribution in [3.63, 3.8) is 0 Å². The number of ether oxygens (including phenoxy) is 3. The number of benzene rings is 3. The highest BCUT2D eigenvalue weighted by Crippen LogP contribution is 2.29. The lowest BCUT2D eigenvalue weighted by molar-refractivity contribution is 0.269. The van der Waals surface area contributed by atoms with Gasteiger partial charge in [-0.2, -0.15) is 0 Å². The molecule has 0 amide bonds. The van der Waals surface area contributed by atoms with Gasteiger partial charge in [0.25, 0.3) is 0 Å². The smallest absolute Gasteiger partial charge is 0.161 e. The normalized spacial score (nSPS) is 10.3. The standard InChI is InChI=1S/C25H28ClNO3.ClH/c1-3-29-25-16-20(17-27-14-13-19-7-10-23(28-2)11-8-19)9-12-24(25)30-18-21-5-4-6-22(26)15-21;/h4-12,15-16,27H,3,13-14,17-18H2,1-2H3;1H. The Kier molecular flexibility index (Phi) is 10.5. The molecule has 0 radical (unpaired) electrons. The van der Waals surface area contributed by atoms with Crippen molar-refractivity contribution in [2.75, 3.05) is 20.3 Å². The van der Waals surface area contributed by atoms with Crippen LogP contribution in [0.2, 0.25) is 5.02 Å². The zero-order valence-corrected chi connectivity index (χ0v) is 19.5. The van der Waals surface area contributed by atoms with Crippen LogP contribution in [0.5, 0.6) is 17.2 Å². The number of methoxy groups -OCH3 is 1. The van der Waals surface area contributed by atoms with Crippen molar-refractivity contribution in [3.05, 3.63) is 88.4 Å². The molecule has 4 nitrogen and oxygen atoms in total. The van der Waals surface area contributed by atoms with Crippen LogP contribution < -0.4 is 19.5 Å². The summed E-state index contributed by atoms with van der Waals surface area (Å²) in [6, 6.07) is 21.9. The highest BCUT2D eigenvalue weighted by atomic mass is 35.5. The average molecular weight is 462 g/mol. The summed E-state index contributed by atoms with van der Waals surface area (Å²) in [5, 5.41) is 4.20. The maximum Gasteiger partial charge on any atom is 0.161 e. The molecule has 1 N–H and O–H groups in total. The second-order valence-corrected chi connectivity index (χ2v) is 7.34. The van der Waals surface area contributed by atoms with E-state index in [0.717, 1.165) is 47.9 Å². The van der Waals surface area contributed by atoms with Crippen molar-refractivity contribution in [2.24, 2.45) is 0 Å². The monoisotopic (exact) mass is 461 g/mol. The fourth-order valence-electron chi connectivity index (χ4n) is 3.10. The summed E-state index contributed by atoms with van der Waals surface area (Å²) >= 11 is 6.05. The van der Waals surface area contributed by atoms with Crippen molar-refractivity contribution in [3.8, 4) is 17.2 Å². The number of rotatable bonds is 11. The van der Waals surface area contributed by atoms with Crippen LogP contribution in [0.15, 0.2) is 66.7 Å². The van der Waals surface area contributed by atoms with Gasteiger partial charge in [0.05, 0.1) is 13.7 Å². The number of hydrogen-bond acceptors (Lipinski definition) is 4. The number of nitrogens with one attached hydrogen (secondary N) is 1. The molecule has 0 unspecified atom stereocenters. The van der Waals surface area contributed by atoms with Gasteiger partial charge in [-0.1, -0.05) is 41.9 Å². The largest absolute Gasteiger partial charge is 0.497 e. The number of hydrogen-bond donors (Lipinski definition) is 1. The average Bonchev–Trinajstić information content (AvgIpc) is 2.77. The summed E-state index contributed by atoms with van der Waals surface area (Å²) in [6.45, 7) is 4.66. The fourth-order valence-corrected chi connectivity index (χ4v) is 3.31. The summed E-state index contributed by atoms with van der Waals surface area (Å²) < 4.78 is 17.0. The Labute approximate surface area is 195 Å². The molecule has 6 heteroatoms. The molecule has 0 saturated heterocycles. The summed E-state index contributed by atoms with van der Waals surface area (Å²) in [4.78, 5) is 0. The molecule has 0 fully saturated rings. The second kappa shape index (κ2) is 13.1. The first kappa shape index (κ1) is 24.9. The molecule has 0 aliphatic heterocycles. The minimum atomic E-state index is 0. The summed E-state index contributed by atoms with van der Waals surface area (Å²) in [6.07, 6.45) is 0.961. The van der Waals surface area contributed by atoms with Gasteiger partial charge in [-0.3, -0.25) is 0 Å². The molecular formula is C25H29Cl2NO3. The molecule has 0 spiro atoms. The maximum absolute atomic E-state index is 6.05. The Morgan fingerprint density at radius 3 is 2.32 bits per heavy atom. The van der Waals surface area contributed by atoms with Gasteiger partial charge in [0.2, 0.25) is 0 Å². The van der Waals surface area contributed by atoms with E-state index in [-0.39, 0.29) is 12.4 Å². The lowest BCUT2D eigenvalue weighted by Crippen LogP contribution is -2.16. The third-order valence-corrected chi connectivity index (χ3v) is 4.91. The molecule has 0 bridgehead atoms. The van der Waals surface area contributed by atoms with Gasteiger partial charge in [0.15, 0.2) is 11.5 Å². The quantitative estimate of drug-likeness (QED) is 0.351. The molecule has 0 aliphatic carbocycles. The minimum Gasteiger partial charge on any atom is -0.497 e. The SMILES string of the molecule is CCOc1cc(CNCCc2ccc(OC)cc2)ccc1OCc1cccc(Cl)c1.Cl. The van der Waals surface area contributed by atoms with Crippen LogP contribution in [-0.2, 0) is 19.6 Å². The molecule has 3 aromatic rings. The van der Waals surface area contributed by atoms with Crippen LogP contribution in [-0.4, -0.2) is 20.3 Å². The Hall–Kier alpha value is -2.40. The molecular weight excluding hydrogens is 433 g/mol. The molecule has 0 heterocycles. The van der Waals surface area contributed by atoms with Crippen LogP contribution in [0.1, 0.15) is 23.6 Å². The maximum atomic E-state index is 6.05. The van der Waals surface area contributed by atoms with Gasteiger partial charge in [-0.15, -0.1) is 12.4 Å². The lowest BCUT2D eigenvalue weighted by Gasteiger charge is -2.14. The molecule has 0 saturated carbocycles. The van der Waals surface area contributed by atoms with E-state index < -0.39 is 0 Å². The molecule has 0 atom stereocenters. The first-order chi connectivity index (χ1) is 14.7. The zero-order valence-electron chi connectivity index (χ0n) is 17.9. The van der Waals surface area contributed by atoms with E-state index in [9.17, 15) is 0 Å². The molecule has 31 heavy (non-hydrogen) atoms. The van der Waals surface area contributed by atoms with Gasteiger partial charge in [-0.25, -0.2) is 0 Å². The second-order valence-electron chi connectivity index (χ2n) is 6.91. The van der Waals surface area contributed by atoms with Crippen molar-refractivity contribution in [1.82, 2.24) is 5.32 Å². The Morgan fingerprint density at radius 1 is 0.839 bits per heavy atom. The van der Waals surface area contributed by atoms with Crippen molar-refractivity contribution in [2.45, 2.75) is 26.5 Å². The predicted octanol–water partition coefficient (Wildman–Crippen LogP) is 6.08. The summed E-state index contributed by atoms with van der Waals surface area (Å²) in [5.74, 6) is 2.38. The zero-order chi connectivity index (χ0) is 21.2. The van der Waals surface area contributed by atoms with Crippen molar-refractivity contribution in [1.29, 1.82) is 0 Å². The Bertz CT molecular complexity index is 932. The molecule has 3 aromatic carbocycles. The van der Waals surface area contributed by atoms with Crippen LogP contribution in [0.3, 0.4) is 0 Å². The van der Waals surface area contributed by atoms with Crippen LogP contribution in [0.4, 0.5) is 0 Å². The molecule has 3 rings (SSSR count). The van der Waals surface area contributed by atoms with Crippen LogP contribution in [0.25, 0.3) is 0 Å². The van der Waals surface area contributed by atoms with Gasteiger partial charge < -0.3 is 19.5 Å². The summed E-state index contributed by atoms with van der Waals surface area (Å²) in [5.41, 5.74) is 3.46. The van der Waals surface area contributed by atoms with Crippen LogP contribution >= 0.6 is 24.0 Å². The van der Waals surface area contributed by atoms with Gasteiger partial charge in [0.1, 0.15) is 12.4 Å². The van der Waals surface area contributed by atoms with E-state index in [2.05, 4.69) is 23.5 Å². The van der Waals surface area contributed by atoms with E-state index >= 15 is 0 Å². The highest BCUT2D eigenvalue weighted by molar-refractivity contribution is 6.30. The van der Waals surface area contributed by atoms with E-state index in [4.69, 9.17) is 25.8 Å². The minimum absolute atomic E-state index is 0. The van der Waals surface area contributed by atoms with Gasteiger partial charge in [0, 0.05) is 11.6 Å². The third-order valence-electron chi connectivity index (χ3n) is 4.67. The van der Waals surface area contributed by atoms with Gasteiger partial charge >= 0.3 is 0 Å². The molecule has 166 valence electrons. The number of halogens is 2. The van der Waals surface area contributed by atoms with Crippen molar-refractivity contribution < 1.29 is 14.2 Å². The lowest BCUT2D eigenvalue weighted by atomic mass is 10.1.